The normalized spacial score (nSPS) is 29.0. The van der Waals surface area contributed by atoms with Crippen LogP contribution in [0.2, 0.25) is 0 Å². The molecule has 0 unspecified atom stereocenters. The summed E-state index contributed by atoms with van der Waals surface area (Å²) in [6, 6.07) is -0.395. The third-order valence-electron chi connectivity index (χ3n) is 5.94. The van der Waals surface area contributed by atoms with E-state index in [4.69, 9.17) is 0 Å². The Balaban J connectivity index is 2.23. The van der Waals surface area contributed by atoms with Crippen LogP contribution >= 0.6 is 0 Å². The first-order valence-corrected chi connectivity index (χ1v) is 7.63. The van der Waals surface area contributed by atoms with Crippen molar-refractivity contribution in [3.05, 3.63) is 11.8 Å². The summed E-state index contributed by atoms with van der Waals surface area (Å²) < 4.78 is -0.435. The highest BCUT2D eigenvalue weighted by molar-refractivity contribution is 5.98. The van der Waals surface area contributed by atoms with Crippen LogP contribution in [0.5, 0.6) is 0 Å². The third kappa shape index (κ3) is 1.48. The molecule has 6 nitrogen and oxygen atoms in total. The van der Waals surface area contributed by atoms with Gasteiger partial charge in [-0.3, -0.25) is 5.32 Å². The lowest BCUT2D eigenvalue weighted by atomic mass is 9.64. The minimum atomic E-state index is -0.778. The van der Waals surface area contributed by atoms with Gasteiger partial charge in [0, 0.05) is 31.9 Å². The summed E-state index contributed by atoms with van der Waals surface area (Å²) in [4.78, 5) is 25.9. The molecule has 3 aliphatic rings. The molecule has 0 atom stereocenters. The zero-order valence-electron chi connectivity index (χ0n) is 12.4. The molecule has 6 heteroatoms. The fraction of sp³-hybridized carbons (Fsp3) is 0.733. The topological polar surface area (TPSA) is 86.6 Å². The van der Waals surface area contributed by atoms with Crippen LogP contribution in [0, 0.1) is 0 Å². The molecule has 1 heterocycles. The van der Waals surface area contributed by atoms with E-state index < -0.39 is 21.6 Å². The highest BCUT2D eigenvalue weighted by Gasteiger charge is 2.75. The summed E-state index contributed by atoms with van der Waals surface area (Å²) in [7, 11) is 0. The van der Waals surface area contributed by atoms with E-state index >= 15 is 0 Å². The lowest BCUT2D eigenvalue weighted by molar-refractivity contribution is -0.899. The third-order valence-corrected chi connectivity index (χ3v) is 5.94. The molecule has 3 amide bonds. The van der Waals surface area contributed by atoms with Gasteiger partial charge in [-0.25, -0.2) is 9.59 Å². The second kappa shape index (κ2) is 4.63. The predicted octanol–water partition coefficient (Wildman–Crippen LogP) is 0.787. The van der Waals surface area contributed by atoms with E-state index in [1.165, 1.54) is 6.20 Å². The Labute approximate surface area is 124 Å². The van der Waals surface area contributed by atoms with E-state index in [1.54, 1.807) is 6.92 Å². The molecule has 21 heavy (non-hydrogen) atoms. The van der Waals surface area contributed by atoms with Crippen molar-refractivity contribution in [2.45, 2.75) is 56.5 Å². The van der Waals surface area contributed by atoms with Crippen molar-refractivity contribution in [3.63, 3.8) is 0 Å². The number of nitrogens with zero attached hydrogens (tertiary/aromatic N) is 1. The summed E-state index contributed by atoms with van der Waals surface area (Å²) in [6.45, 7) is 1.27. The zero-order chi connectivity index (χ0) is 15.3. The smallest absolute Gasteiger partial charge is 0.390 e. The van der Waals surface area contributed by atoms with Gasteiger partial charge in [0.1, 0.15) is 11.1 Å². The van der Waals surface area contributed by atoms with Gasteiger partial charge in [-0.2, -0.15) is 4.48 Å². The van der Waals surface area contributed by atoms with E-state index in [9.17, 15) is 19.8 Å². The number of nitrogens with one attached hydrogen (secondary N) is 1. The largest absolute Gasteiger partial charge is 0.429 e. The van der Waals surface area contributed by atoms with Crippen LogP contribution in [0.3, 0.4) is 0 Å². The van der Waals surface area contributed by atoms with Crippen LogP contribution < -0.4 is 5.32 Å². The number of aliphatic hydroxyl groups is 2. The van der Waals surface area contributed by atoms with E-state index in [1.807, 2.05) is 0 Å². The van der Waals surface area contributed by atoms with Gasteiger partial charge in [0.2, 0.25) is 0 Å². The number of amides is 3. The van der Waals surface area contributed by atoms with Crippen molar-refractivity contribution in [2.24, 2.45) is 0 Å². The van der Waals surface area contributed by atoms with E-state index in [0.717, 1.165) is 12.8 Å². The Bertz CT molecular complexity index is 485. The van der Waals surface area contributed by atoms with Gasteiger partial charge >= 0.3 is 11.9 Å². The first-order valence-electron chi connectivity index (χ1n) is 7.63. The van der Waals surface area contributed by atoms with Gasteiger partial charge < -0.3 is 10.2 Å². The quantitative estimate of drug-likeness (QED) is 0.669. The molecule has 2 aliphatic carbocycles. The number of hydrogen-bond donors (Lipinski definition) is 3. The molecule has 2 fully saturated rings. The number of rotatable bonds is 4. The van der Waals surface area contributed by atoms with Gasteiger partial charge in [-0.15, -0.1) is 0 Å². The number of urea groups is 1. The summed E-state index contributed by atoms with van der Waals surface area (Å²) in [5.41, 5.74) is -1.08. The first-order chi connectivity index (χ1) is 9.99. The monoisotopic (exact) mass is 295 g/mol. The van der Waals surface area contributed by atoms with E-state index in [0.29, 0.717) is 31.3 Å². The van der Waals surface area contributed by atoms with Crippen LogP contribution in [0.25, 0.3) is 0 Å². The van der Waals surface area contributed by atoms with Crippen LogP contribution in [-0.4, -0.2) is 50.9 Å². The van der Waals surface area contributed by atoms with Crippen LogP contribution in [0.15, 0.2) is 11.8 Å². The number of carbonyl (C=O) groups excluding carboxylic acids is 2. The number of aliphatic hydroxyl groups excluding tert-OH is 2. The molecule has 3 N–H and O–H groups in total. The van der Waals surface area contributed by atoms with Crippen LogP contribution in [0.4, 0.5) is 4.79 Å². The fourth-order valence-corrected chi connectivity index (χ4v) is 4.42. The SMILES string of the molecule is CC1=CNC(=O)[N+](C2(CO)CCC2)(C2(CO)CCC2)C1=O. The molecule has 0 radical (unpaired) electrons. The molecule has 0 aromatic rings. The van der Waals surface area contributed by atoms with Crippen molar-refractivity contribution < 1.29 is 24.3 Å². The molecule has 0 aromatic carbocycles. The highest BCUT2D eigenvalue weighted by Crippen LogP contribution is 2.55. The van der Waals surface area contributed by atoms with Crippen molar-refractivity contribution in [1.82, 2.24) is 5.32 Å². The van der Waals surface area contributed by atoms with Crippen molar-refractivity contribution in [1.29, 1.82) is 0 Å². The van der Waals surface area contributed by atoms with Crippen molar-refractivity contribution in [3.8, 4) is 0 Å². The Hall–Kier alpha value is -1.24. The molecule has 0 spiro atoms. The summed E-state index contributed by atoms with van der Waals surface area (Å²) in [5, 5.41) is 22.7. The Morgan fingerprint density at radius 1 is 1.10 bits per heavy atom. The van der Waals surface area contributed by atoms with Crippen LogP contribution in [-0.2, 0) is 4.79 Å². The van der Waals surface area contributed by atoms with E-state index in [-0.39, 0.29) is 19.1 Å². The predicted molar refractivity (Wildman–Crippen MR) is 74.9 cm³/mol. The molecular formula is C15H23N2O4+. The summed E-state index contributed by atoms with van der Waals surface area (Å²) in [6.07, 6.45) is 5.77. The van der Waals surface area contributed by atoms with Crippen LogP contribution in [0.1, 0.15) is 45.4 Å². The molecular weight excluding hydrogens is 272 g/mol. The first kappa shape index (κ1) is 14.7. The molecule has 116 valence electrons. The molecule has 0 aromatic heterocycles. The van der Waals surface area contributed by atoms with Gasteiger partial charge in [-0.1, -0.05) is 0 Å². The average molecular weight is 295 g/mol. The maximum absolute atomic E-state index is 13.1. The second-order valence-corrected chi connectivity index (χ2v) is 6.72. The summed E-state index contributed by atoms with van der Waals surface area (Å²) >= 11 is 0. The minimum absolute atomic E-state index is 0.207. The zero-order valence-corrected chi connectivity index (χ0v) is 12.4. The van der Waals surface area contributed by atoms with Gasteiger partial charge in [0.05, 0.1) is 18.8 Å². The van der Waals surface area contributed by atoms with Gasteiger partial charge in [0.25, 0.3) is 0 Å². The highest BCUT2D eigenvalue weighted by atomic mass is 16.3. The number of hydrogen-bond acceptors (Lipinski definition) is 4. The van der Waals surface area contributed by atoms with Gasteiger partial charge in [0.15, 0.2) is 0 Å². The van der Waals surface area contributed by atoms with E-state index in [2.05, 4.69) is 5.32 Å². The van der Waals surface area contributed by atoms with Gasteiger partial charge in [-0.05, 0) is 19.8 Å². The lowest BCUT2D eigenvalue weighted by Gasteiger charge is -2.63. The Morgan fingerprint density at radius 3 is 1.90 bits per heavy atom. The minimum Gasteiger partial charge on any atom is -0.390 e. The average Bonchev–Trinajstić information content (AvgIpc) is 2.38. The molecule has 0 bridgehead atoms. The molecule has 3 rings (SSSR count). The fourth-order valence-electron chi connectivity index (χ4n) is 4.42. The van der Waals surface area contributed by atoms with Crippen molar-refractivity contribution in [2.75, 3.05) is 13.2 Å². The van der Waals surface area contributed by atoms with Crippen molar-refractivity contribution >= 4 is 11.9 Å². The molecule has 1 aliphatic heterocycles. The maximum atomic E-state index is 13.1. The standard InChI is InChI=1S/C15H22N2O4/c1-11-8-16-13(21)17(12(11)20,14(9-18)4-2-5-14)15(10-19)6-3-7-15/h8,18-19H,2-7,9-10H2,1H3/p+1. The Kier molecular flexibility index (Phi) is 3.24. The number of quaternary nitrogens is 1. The number of carbonyl (C=O) groups is 2. The maximum Gasteiger partial charge on any atom is 0.429 e. The molecule has 2 saturated carbocycles. The number of imide groups is 1. The molecule has 0 saturated heterocycles. The second-order valence-electron chi connectivity index (χ2n) is 6.72. The summed E-state index contributed by atoms with van der Waals surface area (Å²) in [5.74, 6) is -0.263. The Morgan fingerprint density at radius 2 is 1.57 bits per heavy atom. The lowest BCUT2D eigenvalue weighted by Crippen LogP contribution is -2.86.